The van der Waals surface area contributed by atoms with Gasteiger partial charge in [0.05, 0.1) is 19.8 Å². The van der Waals surface area contributed by atoms with Crippen molar-refractivity contribution in [3.63, 3.8) is 0 Å². The van der Waals surface area contributed by atoms with E-state index < -0.39 is 0 Å². The highest BCUT2D eigenvalue weighted by atomic mass is 35.5. The number of fused-ring (bicyclic) bond motifs is 1. The van der Waals surface area contributed by atoms with E-state index in [0.717, 1.165) is 36.6 Å². The lowest BCUT2D eigenvalue weighted by atomic mass is 9.79. The van der Waals surface area contributed by atoms with Crippen LogP contribution in [-0.4, -0.2) is 18.7 Å². The number of nitrogens with zero attached hydrogens (tertiary/aromatic N) is 1. The Hall–Kier alpha value is -2.33. The van der Waals surface area contributed by atoms with Crippen molar-refractivity contribution in [3.8, 4) is 5.75 Å². The summed E-state index contributed by atoms with van der Waals surface area (Å²) in [6.45, 7) is 1.42. The van der Waals surface area contributed by atoms with Crippen molar-refractivity contribution in [2.75, 3.05) is 13.7 Å². The second-order valence-electron chi connectivity index (χ2n) is 8.25. The van der Waals surface area contributed by atoms with Crippen molar-refractivity contribution in [2.45, 2.75) is 37.3 Å². The zero-order chi connectivity index (χ0) is 20.6. The molecule has 2 aliphatic rings. The van der Waals surface area contributed by atoms with E-state index in [1.54, 1.807) is 7.11 Å². The second kappa shape index (κ2) is 8.07. The van der Waals surface area contributed by atoms with E-state index >= 15 is 0 Å². The predicted octanol–water partition coefficient (Wildman–Crippen LogP) is 6.11. The Kier molecular flexibility index (Phi) is 5.28. The van der Waals surface area contributed by atoms with Crippen molar-refractivity contribution in [2.24, 2.45) is 0 Å². The predicted molar refractivity (Wildman–Crippen MR) is 120 cm³/mol. The fourth-order valence-electron chi connectivity index (χ4n) is 4.84. The van der Waals surface area contributed by atoms with Crippen LogP contribution in [0.2, 0.25) is 5.02 Å². The third-order valence-corrected chi connectivity index (χ3v) is 6.83. The molecule has 0 amide bonds. The Morgan fingerprint density at radius 1 is 1.00 bits per heavy atom. The van der Waals surface area contributed by atoms with Gasteiger partial charge >= 0.3 is 0 Å². The highest BCUT2D eigenvalue weighted by Crippen LogP contribution is 2.61. The summed E-state index contributed by atoms with van der Waals surface area (Å²) < 4.78 is 5.49. The minimum atomic E-state index is -0.0151. The maximum atomic E-state index is 6.68. The van der Waals surface area contributed by atoms with Crippen molar-refractivity contribution in [1.29, 1.82) is 0 Å². The molecule has 1 aliphatic carbocycles. The molecule has 3 nitrogen and oxygen atoms in total. The molecular weight excluding hydrogens is 394 g/mol. The molecule has 0 N–H and O–H groups in total. The van der Waals surface area contributed by atoms with E-state index in [9.17, 15) is 0 Å². The summed E-state index contributed by atoms with van der Waals surface area (Å²) in [6, 6.07) is 25.2. The van der Waals surface area contributed by atoms with Gasteiger partial charge in [-0.3, -0.25) is 4.84 Å². The molecule has 3 aromatic rings. The van der Waals surface area contributed by atoms with Crippen molar-refractivity contribution in [3.05, 3.63) is 100 Å². The van der Waals surface area contributed by atoms with Crippen LogP contribution in [0.15, 0.2) is 72.8 Å². The molecule has 1 saturated carbocycles. The van der Waals surface area contributed by atoms with Crippen LogP contribution in [0, 0.1) is 0 Å². The van der Waals surface area contributed by atoms with Gasteiger partial charge < -0.3 is 4.74 Å². The van der Waals surface area contributed by atoms with Gasteiger partial charge in [0.2, 0.25) is 0 Å². The van der Waals surface area contributed by atoms with E-state index in [4.69, 9.17) is 21.2 Å². The lowest BCUT2D eigenvalue weighted by Crippen LogP contribution is -2.41. The number of halogens is 1. The number of hydrogen-bond donors (Lipinski definition) is 0. The molecule has 0 bridgehead atoms. The Balaban J connectivity index is 1.53. The van der Waals surface area contributed by atoms with Crippen LogP contribution in [-0.2, 0) is 23.3 Å². The molecule has 5 rings (SSSR count). The second-order valence-corrected chi connectivity index (χ2v) is 8.66. The summed E-state index contributed by atoms with van der Waals surface area (Å²) in [5.41, 5.74) is 5.07. The topological polar surface area (TPSA) is 21.7 Å². The molecule has 1 aliphatic heterocycles. The zero-order valence-electron chi connectivity index (χ0n) is 17.2. The largest absolute Gasteiger partial charge is 0.497 e. The molecule has 4 heteroatoms. The average Bonchev–Trinajstić information content (AvgIpc) is 3.59. The summed E-state index contributed by atoms with van der Waals surface area (Å²) in [5.74, 6) is 0.911. The molecule has 1 unspecified atom stereocenters. The minimum absolute atomic E-state index is 0.0151. The SMILES string of the molecule is COc1ccc2c(c1)CCN(OCc1ccccc1)C2C1(c2ccccc2Cl)CC1. The fraction of sp³-hybridized carbons (Fsp3) is 0.308. The van der Waals surface area contributed by atoms with E-state index in [2.05, 4.69) is 59.7 Å². The average molecular weight is 420 g/mol. The van der Waals surface area contributed by atoms with Crippen molar-refractivity contribution in [1.82, 2.24) is 5.06 Å². The van der Waals surface area contributed by atoms with Crippen LogP contribution in [0.25, 0.3) is 0 Å². The number of ether oxygens (including phenoxy) is 1. The maximum Gasteiger partial charge on any atom is 0.119 e. The van der Waals surface area contributed by atoms with E-state index in [0.29, 0.717) is 6.61 Å². The smallest absolute Gasteiger partial charge is 0.119 e. The summed E-state index contributed by atoms with van der Waals surface area (Å²) in [6.07, 6.45) is 3.16. The molecule has 30 heavy (non-hydrogen) atoms. The lowest BCUT2D eigenvalue weighted by molar-refractivity contribution is -0.209. The van der Waals surface area contributed by atoms with E-state index in [-0.39, 0.29) is 11.5 Å². The van der Waals surface area contributed by atoms with Gasteiger partial charge in [-0.2, -0.15) is 5.06 Å². The van der Waals surface area contributed by atoms with Gasteiger partial charge in [0.1, 0.15) is 5.75 Å². The molecule has 0 saturated heterocycles. The fourth-order valence-corrected chi connectivity index (χ4v) is 5.16. The monoisotopic (exact) mass is 419 g/mol. The summed E-state index contributed by atoms with van der Waals surface area (Å²) >= 11 is 6.68. The van der Waals surface area contributed by atoms with Crippen LogP contribution in [0.3, 0.4) is 0 Å². The number of methoxy groups -OCH3 is 1. The number of hydroxylamine groups is 2. The van der Waals surface area contributed by atoms with Gasteiger partial charge in [-0.25, -0.2) is 0 Å². The first-order valence-corrected chi connectivity index (χ1v) is 10.9. The van der Waals surface area contributed by atoms with Crippen LogP contribution in [0.4, 0.5) is 0 Å². The molecule has 0 radical (unpaired) electrons. The number of rotatable bonds is 6. The van der Waals surface area contributed by atoms with E-state index in [1.165, 1.54) is 22.3 Å². The Labute approximate surface area is 183 Å². The van der Waals surface area contributed by atoms with Gasteiger partial charge in [0.15, 0.2) is 0 Å². The van der Waals surface area contributed by atoms with Gasteiger partial charge in [-0.05, 0) is 59.7 Å². The number of hydrogen-bond acceptors (Lipinski definition) is 3. The summed E-state index contributed by atoms with van der Waals surface area (Å²) in [5, 5.41) is 3.05. The van der Waals surface area contributed by atoms with Crippen molar-refractivity contribution >= 4 is 11.6 Å². The van der Waals surface area contributed by atoms with Gasteiger partial charge in [-0.1, -0.05) is 66.2 Å². The van der Waals surface area contributed by atoms with Crippen LogP contribution < -0.4 is 4.74 Å². The third-order valence-electron chi connectivity index (χ3n) is 6.50. The molecule has 1 heterocycles. The molecule has 1 fully saturated rings. The first kappa shape index (κ1) is 19.6. The number of benzene rings is 3. The van der Waals surface area contributed by atoms with Crippen LogP contribution in [0.1, 0.15) is 41.1 Å². The van der Waals surface area contributed by atoms with Gasteiger partial charge in [0.25, 0.3) is 0 Å². The normalized spacial score (nSPS) is 19.9. The van der Waals surface area contributed by atoms with Crippen LogP contribution >= 0.6 is 11.6 Å². The lowest BCUT2D eigenvalue weighted by Gasteiger charge is -2.41. The minimum Gasteiger partial charge on any atom is -0.497 e. The first-order chi connectivity index (χ1) is 14.7. The van der Waals surface area contributed by atoms with Gasteiger partial charge in [0, 0.05) is 17.0 Å². The Morgan fingerprint density at radius 3 is 2.50 bits per heavy atom. The van der Waals surface area contributed by atoms with Gasteiger partial charge in [-0.15, -0.1) is 0 Å². The molecule has 0 aromatic heterocycles. The highest BCUT2D eigenvalue weighted by Gasteiger charge is 2.56. The maximum absolute atomic E-state index is 6.68. The molecule has 1 atom stereocenters. The standard InChI is InChI=1S/C26H26ClNO2/c1-29-21-11-12-22-20(17-21)13-16-28(30-18-19-7-3-2-4-8-19)25(22)26(14-15-26)23-9-5-6-10-24(23)27/h2-12,17,25H,13-16,18H2,1H3. The Bertz CT molecular complexity index is 1030. The van der Waals surface area contributed by atoms with Crippen molar-refractivity contribution < 1.29 is 9.57 Å². The zero-order valence-corrected chi connectivity index (χ0v) is 17.9. The molecular formula is C26H26ClNO2. The van der Waals surface area contributed by atoms with Crippen LogP contribution in [0.5, 0.6) is 5.75 Å². The first-order valence-electron chi connectivity index (χ1n) is 10.6. The third kappa shape index (κ3) is 3.51. The molecule has 3 aromatic carbocycles. The molecule has 0 spiro atoms. The highest BCUT2D eigenvalue weighted by molar-refractivity contribution is 6.31. The Morgan fingerprint density at radius 2 is 1.77 bits per heavy atom. The quantitative estimate of drug-likeness (QED) is 0.481. The molecule has 154 valence electrons. The van der Waals surface area contributed by atoms with E-state index in [1.807, 2.05) is 18.2 Å². The summed E-state index contributed by atoms with van der Waals surface area (Å²) in [7, 11) is 1.73. The summed E-state index contributed by atoms with van der Waals surface area (Å²) in [4.78, 5) is 6.44.